The second-order valence-corrected chi connectivity index (χ2v) is 3.51. The lowest BCUT2D eigenvalue weighted by molar-refractivity contribution is 0.195. The molecule has 1 atom stereocenters. The topological polar surface area (TPSA) is 36.0 Å². The predicted molar refractivity (Wildman–Crippen MR) is 53.9 cm³/mol. The van der Waals surface area contributed by atoms with Gasteiger partial charge in [0.25, 0.3) is 0 Å². The molecule has 1 heterocycles. The quantitative estimate of drug-likeness (QED) is 0.721. The second-order valence-electron chi connectivity index (χ2n) is 3.10. The van der Waals surface area contributed by atoms with Crippen LogP contribution in [0.2, 0.25) is 5.02 Å². The lowest BCUT2D eigenvalue weighted by Gasteiger charge is -1.97. The van der Waals surface area contributed by atoms with Crippen LogP contribution in [0.25, 0.3) is 10.9 Å². The summed E-state index contributed by atoms with van der Waals surface area (Å²) in [6, 6.07) is 7.53. The van der Waals surface area contributed by atoms with Crippen LogP contribution >= 0.6 is 11.6 Å². The first-order valence-corrected chi connectivity index (χ1v) is 4.51. The molecule has 0 aliphatic heterocycles. The fraction of sp³-hybridized carbons (Fsp3) is 0.200. The summed E-state index contributed by atoms with van der Waals surface area (Å²) in [5.74, 6) is 0. The minimum absolute atomic E-state index is 0.483. The molecule has 3 heteroatoms. The van der Waals surface area contributed by atoms with Gasteiger partial charge in [-0.15, -0.1) is 0 Å². The third-order valence-corrected chi connectivity index (χ3v) is 2.41. The maximum absolute atomic E-state index is 9.34. The zero-order valence-corrected chi connectivity index (χ0v) is 7.97. The fourth-order valence-corrected chi connectivity index (χ4v) is 1.59. The Morgan fingerprint density at radius 1 is 1.46 bits per heavy atom. The number of aromatic nitrogens is 1. The Labute approximate surface area is 81.1 Å². The summed E-state index contributed by atoms with van der Waals surface area (Å²) in [6.07, 6.45) is -0.483. The summed E-state index contributed by atoms with van der Waals surface area (Å²) in [5.41, 5.74) is 1.76. The van der Waals surface area contributed by atoms with Crippen LogP contribution in [-0.4, -0.2) is 10.1 Å². The summed E-state index contributed by atoms with van der Waals surface area (Å²) in [4.78, 5) is 3.10. The molecule has 0 amide bonds. The SMILES string of the molecule is CC(O)c1cc2c(Cl)cccc2[nH]1. The Hall–Kier alpha value is -0.990. The molecule has 0 bridgehead atoms. The molecule has 2 nitrogen and oxygen atoms in total. The molecule has 0 aliphatic rings. The first kappa shape index (κ1) is 8.60. The van der Waals surface area contributed by atoms with Gasteiger partial charge in [-0.25, -0.2) is 0 Å². The number of aromatic amines is 1. The van der Waals surface area contributed by atoms with Gasteiger partial charge in [-0.05, 0) is 25.1 Å². The van der Waals surface area contributed by atoms with Gasteiger partial charge in [-0.2, -0.15) is 0 Å². The van der Waals surface area contributed by atoms with Crippen LogP contribution in [0.1, 0.15) is 18.7 Å². The normalized spacial score (nSPS) is 13.5. The van der Waals surface area contributed by atoms with Gasteiger partial charge in [-0.1, -0.05) is 17.7 Å². The van der Waals surface area contributed by atoms with E-state index in [1.165, 1.54) is 0 Å². The minimum atomic E-state index is -0.483. The molecule has 0 radical (unpaired) electrons. The van der Waals surface area contributed by atoms with Crippen LogP contribution in [0.5, 0.6) is 0 Å². The van der Waals surface area contributed by atoms with Crippen LogP contribution in [0, 0.1) is 0 Å². The van der Waals surface area contributed by atoms with Crippen LogP contribution < -0.4 is 0 Å². The van der Waals surface area contributed by atoms with E-state index in [-0.39, 0.29) is 0 Å². The number of hydrogen-bond acceptors (Lipinski definition) is 1. The number of aliphatic hydroxyl groups is 1. The maximum Gasteiger partial charge on any atom is 0.0910 e. The van der Waals surface area contributed by atoms with Crippen molar-refractivity contribution in [2.75, 3.05) is 0 Å². The molecule has 2 N–H and O–H groups in total. The fourth-order valence-electron chi connectivity index (χ4n) is 1.36. The molecule has 1 aromatic carbocycles. The van der Waals surface area contributed by atoms with E-state index in [0.717, 1.165) is 16.6 Å². The summed E-state index contributed by atoms with van der Waals surface area (Å²) >= 11 is 5.97. The highest BCUT2D eigenvalue weighted by Gasteiger charge is 2.06. The van der Waals surface area contributed by atoms with Crippen molar-refractivity contribution in [3.05, 3.63) is 35.0 Å². The van der Waals surface area contributed by atoms with E-state index >= 15 is 0 Å². The number of H-pyrrole nitrogens is 1. The highest BCUT2D eigenvalue weighted by atomic mass is 35.5. The lowest BCUT2D eigenvalue weighted by atomic mass is 10.2. The molecule has 0 spiro atoms. The van der Waals surface area contributed by atoms with Crippen molar-refractivity contribution >= 4 is 22.5 Å². The van der Waals surface area contributed by atoms with E-state index in [0.29, 0.717) is 5.02 Å². The van der Waals surface area contributed by atoms with Crippen LogP contribution in [-0.2, 0) is 0 Å². The van der Waals surface area contributed by atoms with Crippen molar-refractivity contribution in [1.29, 1.82) is 0 Å². The van der Waals surface area contributed by atoms with Crippen LogP contribution in [0.3, 0.4) is 0 Å². The Balaban J connectivity index is 2.68. The van der Waals surface area contributed by atoms with E-state index in [2.05, 4.69) is 4.98 Å². The van der Waals surface area contributed by atoms with Crippen LogP contribution in [0.15, 0.2) is 24.3 Å². The number of nitrogens with one attached hydrogen (secondary N) is 1. The average Bonchev–Trinajstić information content (AvgIpc) is 2.49. The summed E-state index contributed by atoms with van der Waals surface area (Å²) in [5, 5.41) is 11.0. The van der Waals surface area contributed by atoms with Crippen molar-refractivity contribution in [3.8, 4) is 0 Å². The molecule has 0 saturated carbocycles. The number of aliphatic hydroxyl groups excluding tert-OH is 1. The molecule has 0 aliphatic carbocycles. The number of fused-ring (bicyclic) bond motifs is 1. The Morgan fingerprint density at radius 3 is 2.85 bits per heavy atom. The van der Waals surface area contributed by atoms with Crippen molar-refractivity contribution in [3.63, 3.8) is 0 Å². The van der Waals surface area contributed by atoms with E-state index in [1.54, 1.807) is 6.92 Å². The van der Waals surface area contributed by atoms with Gasteiger partial charge in [0, 0.05) is 21.6 Å². The maximum atomic E-state index is 9.34. The monoisotopic (exact) mass is 195 g/mol. The third-order valence-electron chi connectivity index (χ3n) is 2.08. The summed E-state index contributed by atoms with van der Waals surface area (Å²) < 4.78 is 0. The summed E-state index contributed by atoms with van der Waals surface area (Å²) in [6.45, 7) is 1.72. The lowest BCUT2D eigenvalue weighted by Crippen LogP contribution is -1.88. The highest BCUT2D eigenvalue weighted by molar-refractivity contribution is 6.35. The Bertz CT molecular complexity index is 433. The smallest absolute Gasteiger partial charge is 0.0910 e. The number of halogens is 1. The van der Waals surface area contributed by atoms with Crippen LogP contribution in [0.4, 0.5) is 0 Å². The first-order chi connectivity index (χ1) is 6.18. The molecule has 2 aromatic rings. The van der Waals surface area contributed by atoms with Gasteiger partial charge in [0.05, 0.1) is 6.10 Å². The van der Waals surface area contributed by atoms with Gasteiger partial charge in [0.1, 0.15) is 0 Å². The molecular weight excluding hydrogens is 186 g/mol. The molecule has 1 unspecified atom stereocenters. The van der Waals surface area contributed by atoms with Crippen molar-refractivity contribution in [1.82, 2.24) is 4.98 Å². The summed E-state index contributed by atoms with van der Waals surface area (Å²) in [7, 11) is 0. The second kappa shape index (κ2) is 3.05. The standard InChI is InChI=1S/C10H10ClNO/c1-6(13)10-5-7-8(11)3-2-4-9(7)12-10/h2-6,12-13H,1H3. The van der Waals surface area contributed by atoms with Crippen molar-refractivity contribution in [2.45, 2.75) is 13.0 Å². The van der Waals surface area contributed by atoms with E-state index < -0.39 is 6.10 Å². The largest absolute Gasteiger partial charge is 0.387 e. The van der Waals surface area contributed by atoms with Crippen molar-refractivity contribution < 1.29 is 5.11 Å². The zero-order valence-electron chi connectivity index (χ0n) is 7.21. The van der Waals surface area contributed by atoms with Gasteiger partial charge >= 0.3 is 0 Å². The zero-order chi connectivity index (χ0) is 9.42. The first-order valence-electron chi connectivity index (χ1n) is 4.13. The Morgan fingerprint density at radius 2 is 2.23 bits per heavy atom. The highest BCUT2D eigenvalue weighted by Crippen LogP contribution is 2.26. The molecule has 2 rings (SSSR count). The van der Waals surface area contributed by atoms with E-state index in [1.807, 2.05) is 24.3 Å². The van der Waals surface area contributed by atoms with Crippen molar-refractivity contribution in [2.24, 2.45) is 0 Å². The van der Waals surface area contributed by atoms with E-state index in [9.17, 15) is 5.11 Å². The Kier molecular flexibility index (Phi) is 2.02. The van der Waals surface area contributed by atoms with Gasteiger partial charge in [-0.3, -0.25) is 0 Å². The third kappa shape index (κ3) is 1.43. The molecule has 1 aromatic heterocycles. The number of benzene rings is 1. The minimum Gasteiger partial charge on any atom is -0.387 e. The molecule has 13 heavy (non-hydrogen) atoms. The predicted octanol–water partition coefficient (Wildman–Crippen LogP) is 2.87. The van der Waals surface area contributed by atoms with E-state index in [4.69, 9.17) is 11.6 Å². The van der Waals surface area contributed by atoms with Gasteiger partial charge in [0.2, 0.25) is 0 Å². The van der Waals surface area contributed by atoms with Gasteiger partial charge in [0.15, 0.2) is 0 Å². The molecule has 0 saturated heterocycles. The number of hydrogen-bond donors (Lipinski definition) is 2. The molecule has 0 fully saturated rings. The molecular formula is C10H10ClNO. The number of rotatable bonds is 1. The van der Waals surface area contributed by atoms with Gasteiger partial charge < -0.3 is 10.1 Å². The molecule has 68 valence electrons. The average molecular weight is 196 g/mol.